The SMILES string of the molecule is COc1ccc2cc(C(=O)Nc3ccccc3)c(=Nc3ccc(C(F)(F)F)cc3)oc2c1. The molecule has 0 spiro atoms. The summed E-state index contributed by atoms with van der Waals surface area (Å²) in [7, 11) is 1.51. The third kappa shape index (κ3) is 4.64. The summed E-state index contributed by atoms with van der Waals surface area (Å²) in [6.07, 6.45) is -4.46. The highest BCUT2D eigenvalue weighted by atomic mass is 19.4. The van der Waals surface area contributed by atoms with Crippen molar-refractivity contribution in [3.05, 3.63) is 95.5 Å². The second-order valence-electron chi connectivity index (χ2n) is 6.85. The normalized spacial score (nSPS) is 12.1. The summed E-state index contributed by atoms with van der Waals surface area (Å²) in [5.74, 6) is 0.0755. The molecule has 0 saturated carbocycles. The van der Waals surface area contributed by atoms with Crippen LogP contribution in [0.4, 0.5) is 24.5 Å². The van der Waals surface area contributed by atoms with E-state index in [2.05, 4.69) is 10.3 Å². The maximum Gasteiger partial charge on any atom is 0.416 e. The Morgan fingerprint density at radius 2 is 1.69 bits per heavy atom. The molecule has 0 aliphatic carbocycles. The average molecular weight is 438 g/mol. The van der Waals surface area contributed by atoms with Crippen molar-refractivity contribution < 1.29 is 27.1 Å². The molecule has 3 aromatic carbocycles. The number of carbonyl (C=O) groups is 1. The van der Waals surface area contributed by atoms with Crippen LogP contribution >= 0.6 is 0 Å². The van der Waals surface area contributed by atoms with E-state index in [1.165, 1.54) is 19.2 Å². The Morgan fingerprint density at radius 1 is 0.969 bits per heavy atom. The number of carbonyl (C=O) groups excluding carboxylic acids is 1. The zero-order chi connectivity index (χ0) is 22.7. The molecule has 0 bridgehead atoms. The van der Waals surface area contributed by atoms with Crippen LogP contribution in [-0.2, 0) is 6.18 Å². The van der Waals surface area contributed by atoms with Crippen LogP contribution in [0.1, 0.15) is 15.9 Å². The van der Waals surface area contributed by atoms with Crippen molar-refractivity contribution in [3.8, 4) is 5.75 Å². The first kappa shape index (κ1) is 21.2. The number of methoxy groups -OCH3 is 1. The molecule has 0 radical (unpaired) electrons. The van der Waals surface area contributed by atoms with Gasteiger partial charge in [0.1, 0.15) is 16.9 Å². The number of amides is 1. The van der Waals surface area contributed by atoms with Crippen LogP contribution in [0.5, 0.6) is 5.75 Å². The fourth-order valence-electron chi connectivity index (χ4n) is 3.03. The summed E-state index contributed by atoms with van der Waals surface area (Å²) in [6, 6.07) is 19.8. The fraction of sp³-hybridized carbons (Fsp3) is 0.0833. The van der Waals surface area contributed by atoms with Gasteiger partial charge in [-0.15, -0.1) is 0 Å². The third-order valence-corrected chi connectivity index (χ3v) is 4.66. The monoisotopic (exact) mass is 438 g/mol. The summed E-state index contributed by atoms with van der Waals surface area (Å²) < 4.78 is 49.6. The van der Waals surface area contributed by atoms with E-state index in [9.17, 15) is 18.0 Å². The minimum Gasteiger partial charge on any atom is -0.497 e. The largest absolute Gasteiger partial charge is 0.497 e. The number of benzene rings is 3. The molecule has 0 aliphatic heterocycles. The molecule has 0 aliphatic rings. The van der Waals surface area contributed by atoms with Crippen LogP contribution in [0.15, 0.2) is 88.3 Å². The summed E-state index contributed by atoms with van der Waals surface area (Å²) in [5.41, 5.74) is 0.487. The van der Waals surface area contributed by atoms with Gasteiger partial charge in [-0.25, -0.2) is 4.99 Å². The molecule has 5 nitrogen and oxygen atoms in total. The molecule has 1 aromatic heterocycles. The van der Waals surface area contributed by atoms with Crippen molar-refractivity contribution in [2.45, 2.75) is 6.18 Å². The van der Waals surface area contributed by atoms with Gasteiger partial charge in [0.15, 0.2) is 0 Å². The Labute approximate surface area is 180 Å². The summed E-state index contributed by atoms with van der Waals surface area (Å²) in [4.78, 5) is 17.3. The number of hydrogen-bond donors (Lipinski definition) is 1. The third-order valence-electron chi connectivity index (χ3n) is 4.66. The number of nitrogens with zero attached hydrogens (tertiary/aromatic N) is 1. The molecule has 8 heteroatoms. The Kier molecular flexibility index (Phi) is 5.68. The highest BCUT2D eigenvalue weighted by molar-refractivity contribution is 6.05. The molecule has 32 heavy (non-hydrogen) atoms. The van der Waals surface area contributed by atoms with Crippen molar-refractivity contribution in [2.24, 2.45) is 4.99 Å². The maximum atomic E-state index is 13.0. The van der Waals surface area contributed by atoms with Crippen LogP contribution in [-0.4, -0.2) is 13.0 Å². The van der Waals surface area contributed by atoms with Gasteiger partial charge >= 0.3 is 6.18 Å². The number of para-hydroxylation sites is 1. The molecule has 0 fully saturated rings. The highest BCUT2D eigenvalue weighted by Crippen LogP contribution is 2.30. The van der Waals surface area contributed by atoms with E-state index in [1.807, 2.05) is 6.07 Å². The van der Waals surface area contributed by atoms with Crippen LogP contribution in [0, 0.1) is 0 Å². The van der Waals surface area contributed by atoms with Crippen molar-refractivity contribution in [1.82, 2.24) is 0 Å². The highest BCUT2D eigenvalue weighted by Gasteiger charge is 2.29. The van der Waals surface area contributed by atoms with E-state index in [4.69, 9.17) is 9.15 Å². The van der Waals surface area contributed by atoms with E-state index < -0.39 is 17.6 Å². The van der Waals surface area contributed by atoms with Crippen molar-refractivity contribution in [2.75, 3.05) is 12.4 Å². The first-order valence-electron chi connectivity index (χ1n) is 9.54. The van der Waals surface area contributed by atoms with Gasteiger partial charge in [0.25, 0.3) is 5.91 Å². The fourth-order valence-corrected chi connectivity index (χ4v) is 3.03. The van der Waals surface area contributed by atoms with Crippen molar-refractivity contribution >= 4 is 28.3 Å². The smallest absolute Gasteiger partial charge is 0.416 e. The van der Waals surface area contributed by atoms with E-state index in [1.54, 1.807) is 48.5 Å². The number of ether oxygens (including phenoxy) is 1. The lowest BCUT2D eigenvalue weighted by atomic mass is 10.1. The van der Waals surface area contributed by atoms with Crippen LogP contribution in [0.25, 0.3) is 11.0 Å². The predicted molar refractivity (Wildman–Crippen MR) is 114 cm³/mol. The molecule has 1 N–H and O–H groups in total. The van der Waals surface area contributed by atoms with E-state index in [-0.39, 0.29) is 16.8 Å². The molecule has 0 saturated heterocycles. The van der Waals surface area contributed by atoms with Gasteiger partial charge in [-0.2, -0.15) is 13.2 Å². The second kappa shape index (κ2) is 8.58. The number of rotatable bonds is 4. The van der Waals surface area contributed by atoms with Gasteiger partial charge in [0.2, 0.25) is 5.55 Å². The quantitative estimate of drug-likeness (QED) is 0.429. The van der Waals surface area contributed by atoms with Crippen LogP contribution < -0.4 is 15.6 Å². The molecule has 0 unspecified atom stereocenters. The lowest BCUT2D eigenvalue weighted by Crippen LogP contribution is -2.21. The van der Waals surface area contributed by atoms with Gasteiger partial charge in [0.05, 0.1) is 18.4 Å². The molecule has 4 rings (SSSR count). The second-order valence-corrected chi connectivity index (χ2v) is 6.85. The zero-order valence-electron chi connectivity index (χ0n) is 16.8. The lowest BCUT2D eigenvalue weighted by Gasteiger charge is -2.08. The van der Waals surface area contributed by atoms with Gasteiger partial charge in [-0.1, -0.05) is 18.2 Å². The maximum absolute atomic E-state index is 13.0. The van der Waals surface area contributed by atoms with Gasteiger partial charge < -0.3 is 14.5 Å². The number of halogens is 3. The van der Waals surface area contributed by atoms with Gasteiger partial charge in [-0.3, -0.25) is 4.79 Å². The molecule has 162 valence electrons. The Morgan fingerprint density at radius 3 is 2.34 bits per heavy atom. The van der Waals surface area contributed by atoms with Gasteiger partial charge in [-0.05, 0) is 54.6 Å². The Hall–Kier alpha value is -4.07. The molecular formula is C24H17F3N2O3. The molecular weight excluding hydrogens is 421 g/mol. The zero-order valence-corrected chi connectivity index (χ0v) is 16.8. The first-order valence-corrected chi connectivity index (χ1v) is 9.54. The number of anilines is 1. The predicted octanol–water partition coefficient (Wildman–Crippen LogP) is 5.94. The van der Waals surface area contributed by atoms with E-state index >= 15 is 0 Å². The topological polar surface area (TPSA) is 63.8 Å². The number of nitrogens with one attached hydrogen (secondary N) is 1. The number of hydrogen-bond acceptors (Lipinski definition) is 4. The van der Waals surface area contributed by atoms with Crippen molar-refractivity contribution in [1.29, 1.82) is 0 Å². The number of fused-ring (bicyclic) bond motifs is 1. The minimum atomic E-state index is -4.46. The molecule has 4 aromatic rings. The summed E-state index contributed by atoms with van der Waals surface area (Å²) >= 11 is 0. The lowest BCUT2D eigenvalue weighted by molar-refractivity contribution is -0.137. The Balaban J connectivity index is 1.83. The van der Waals surface area contributed by atoms with Crippen molar-refractivity contribution in [3.63, 3.8) is 0 Å². The minimum absolute atomic E-state index is 0.0426. The van der Waals surface area contributed by atoms with E-state index in [0.717, 1.165) is 12.1 Å². The van der Waals surface area contributed by atoms with Crippen LogP contribution in [0.3, 0.4) is 0 Å². The van der Waals surface area contributed by atoms with E-state index in [0.29, 0.717) is 22.4 Å². The molecule has 1 heterocycles. The number of alkyl halides is 3. The van der Waals surface area contributed by atoms with Gasteiger partial charge in [0, 0.05) is 17.1 Å². The Bertz CT molecular complexity index is 1330. The summed E-state index contributed by atoms with van der Waals surface area (Å²) in [6.45, 7) is 0. The molecule has 0 atom stereocenters. The first-order chi connectivity index (χ1) is 15.3. The standard InChI is InChI=1S/C24H17F3N2O3/c1-31-19-12-7-15-13-20(22(30)28-17-5-3-2-4-6-17)23(32-21(15)14-19)29-18-10-8-16(9-11-18)24(25,26)27/h2-14H,1H3,(H,28,30). The summed E-state index contributed by atoms with van der Waals surface area (Å²) in [5, 5.41) is 3.40. The average Bonchev–Trinajstić information content (AvgIpc) is 2.78. The molecule has 1 amide bonds. The van der Waals surface area contributed by atoms with Crippen LogP contribution in [0.2, 0.25) is 0 Å².